The van der Waals surface area contributed by atoms with Crippen LogP contribution >= 0.6 is 24.8 Å². The molecular formula is C20H25Cl2N9O. The monoisotopic (exact) mass is 477 g/mol. The lowest BCUT2D eigenvalue weighted by molar-refractivity contribution is 0.0816. The van der Waals surface area contributed by atoms with E-state index in [0.717, 1.165) is 54.3 Å². The van der Waals surface area contributed by atoms with Crippen LogP contribution in [0.25, 0.3) is 22.4 Å². The molecule has 0 aliphatic carbocycles. The number of halogens is 2. The van der Waals surface area contributed by atoms with Crippen LogP contribution < -0.4 is 10.2 Å². The Morgan fingerprint density at radius 2 is 1.91 bits per heavy atom. The van der Waals surface area contributed by atoms with Crippen LogP contribution in [-0.2, 0) is 11.8 Å². The third-order valence-electron chi connectivity index (χ3n) is 5.48. The first-order valence-corrected chi connectivity index (χ1v) is 9.90. The Labute approximate surface area is 197 Å². The first-order chi connectivity index (χ1) is 14.7. The number of methoxy groups -OCH3 is 1. The Balaban J connectivity index is 0.00000144. The number of hydrogen-bond acceptors (Lipinski definition) is 8. The zero-order chi connectivity index (χ0) is 20.5. The van der Waals surface area contributed by atoms with Crippen molar-refractivity contribution in [1.82, 2.24) is 34.7 Å². The van der Waals surface area contributed by atoms with Gasteiger partial charge in [0.05, 0.1) is 35.1 Å². The second-order valence-corrected chi connectivity index (χ2v) is 7.33. The topological polar surface area (TPSA) is 110 Å². The molecule has 0 unspecified atom stereocenters. The zero-order valence-corrected chi connectivity index (χ0v) is 19.4. The molecule has 1 aliphatic rings. The van der Waals surface area contributed by atoms with Gasteiger partial charge in [0.15, 0.2) is 0 Å². The van der Waals surface area contributed by atoms with Gasteiger partial charge in [-0.15, -0.1) is 24.8 Å². The molecule has 10 nitrogen and oxygen atoms in total. The van der Waals surface area contributed by atoms with Crippen LogP contribution in [0.1, 0.15) is 12.8 Å². The molecule has 5 heterocycles. The molecule has 5 rings (SSSR count). The number of hydrogen-bond donors (Lipinski definition) is 2. The molecule has 4 aromatic heterocycles. The van der Waals surface area contributed by atoms with Crippen molar-refractivity contribution in [1.29, 1.82) is 0 Å². The van der Waals surface area contributed by atoms with E-state index in [1.165, 1.54) is 0 Å². The normalized spacial score (nSPS) is 14.1. The number of fused-ring (bicyclic) bond motifs is 1. The predicted molar refractivity (Wildman–Crippen MR) is 128 cm³/mol. The molecule has 0 radical (unpaired) electrons. The van der Waals surface area contributed by atoms with E-state index in [0.29, 0.717) is 17.7 Å². The Morgan fingerprint density at radius 3 is 2.62 bits per heavy atom. The van der Waals surface area contributed by atoms with Crippen LogP contribution in [0.4, 0.5) is 17.6 Å². The lowest BCUT2D eigenvalue weighted by Crippen LogP contribution is -2.37. The van der Waals surface area contributed by atoms with Crippen LogP contribution in [0.3, 0.4) is 0 Å². The second-order valence-electron chi connectivity index (χ2n) is 7.33. The van der Waals surface area contributed by atoms with E-state index in [9.17, 15) is 0 Å². The molecule has 0 aromatic carbocycles. The predicted octanol–water partition coefficient (Wildman–Crippen LogP) is 3.35. The number of imidazole rings is 1. The van der Waals surface area contributed by atoms with Gasteiger partial charge in [0.25, 0.3) is 0 Å². The number of ether oxygens (including phenoxy) is 1. The molecule has 4 aromatic rings. The summed E-state index contributed by atoms with van der Waals surface area (Å²) in [5.41, 5.74) is 2.73. The molecule has 0 saturated carbocycles. The molecule has 170 valence electrons. The maximum absolute atomic E-state index is 5.45. The summed E-state index contributed by atoms with van der Waals surface area (Å²) in [5.74, 6) is 2.94. The van der Waals surface area contributed by atoms with Gasteiger partial charge in [-0.25, -0.2) is 15.0 Å². The van der Waals surface area contributed by atoms with E-state index in [-0.39, 0.29) is 24.8 Å². The van der Waals surface area contributed by atoms with E-state index in [1.54, 1.807) is 19.5 Å². The third kappa shape index (κ3) is 4.62. The van der Waals surface area contributed by atoms with Crippen molar-refractivity contribution in [3.8, 4) is 11.4 Å². The van der Waals surface area contributed by atoms with Gasteiger partial charge in [-0.2, -0.15) is 10.1 Å². The molecule has 12 heteroatoms. The lowest BCUT2D eigenvalue weighted by atomic mass is 10.1. The quantitative estimate of drug-likeness (QED) is 0.450. The summed E-state index contributed by atoms with van der Waals surface area (Å²) in [6, 6.07) is 3.76. The Morgan fingerprint density at radius 1 is 1.09 bits per heavy atom. The minimum atomic E-state index is 0. The van der Waals surface area contributed by atoms with E-state index >= 15 is 0 Å². The van der Waals surface area contributed by atoms with Crippen molar-refractivity contribution >= 4 is 53.4 Å². The molecule has 1 aliphatic heterocycles. The highest BCUT2D eigenvalue weighted by molar-refractivity contribution is 5.85. The molecule has 2 N–H and O–H groups in total. The molecule has 1 saturated heterocycles. The standard InChI is InChI=1S/C20H23N9O.2ClH/c1-28-16-12-22-18(9-15(16)25-19(28)13-10-23-24-11-13)26-17-3-6-21-20(27-17)29-7-4-14(30-2)5-8-29;;/h3,6,9-12,14H,4-5,7-8H2,1-2H3,(H,23,24)(H,21,22,26,27);2*1H. The van der Waals surface area contributed by atoms with Crippen LogP contribution in [0.5, 0.6) is 0 Å². The number of rotatable bonds is 5. The van der Waals surface area contributed by atoms with Crippen LogP contribution in [-0.4, -0.2) is 61.0 Å². The molecule has 1 fully saturated rings. The zero-order valence-electron chi connectivity index (χ0n) is 17.7. The first-order valence-electron chi connectivity index (χ1n) is 9.90. The number of H-pyrrole nitrogens is 1. The van der Waals surface area contributed by atoms with E-state index in [4.69, 9.17) is 9.72 Å². The molecule has 0 bridgehead atoms. The highest BCUT2D eigenvalue weighted by Gasteiger charge is 2.20. The van der Waals surface area contributed by atoms with Crippen molar-refractivity contribution in [3.63, 3.8) is 0 Å². The van der Waals surface area contributed by atoms with Gasteiger partial charge in [0, 0.05) is 45.7 Å². The van der Waals surface area contributed by atoms with Gasteiger partial charge >= 0.3 is 0 Å². The van der Waals surface area contributed by atoms with E-state index in [1.807, 2.05) is 36.1 Å². The number of anilines is 3. The lowest BCUT2D eigenvalue weighted by Gasteiger charge is -2.31. The smallest absolute Gasteiger partial charge is 0.227 e. The summed E-state index contributed by atoms with van der Waals surface area (Å²) >= 11 is 0. The average Bonchev–Trinajstić information content (AvgIpc) is 3.42. The fourth-order valence-corrected chi connectivity index (χ4v) is 3.78. The number of piperidine rings is 1. The number of aryl methyl sites for hydroxylation is 1. The van der Waals surface area contributed by atoms with Crippen molar-refractivity contribution in [2.45, 2.75) is 18.9 Å². The highest BCUT2D eigenvalue weighted by Crippen LogP contribution is 2.25. The number of aromatic amines is 1. The minimum absolute atomic E-state index is 0. The van der Waals surface area contributed by atoms with Gasteiger partial charge in [0.1, 0.15) is 17.5 Å². The average molecular weight is 478 g/mol. The minimum Gasteiger partial charge on any atom is -0.381 e. The second kappa shape index (κ2) is 10.1. The fraction of sp³-hybridized carbons (Fsp3) is 0.350. The Bertz CT molecular complexity index is 1160. The van der Waals surface area contributed by atoms with Crippen molar-refractivity contribution in [3.05, 3.63) is 36.9 Å². The largest absolute Gasteiger partial charge is 0.381 e. The van der Waals surface area contributed by atoms with E-state index in [2.05, 4.69) is 35.4 Å². The van der Waals surface area contributed by atoms with Crippen LogP contribution in [0.2, 0.25) is 0 Å². The van der Waals surface area contributed by atoms with Gasteiger partial charge in [-0.05, 0) is 18.9 Å². The number of aromatic nitrogens is 7. The Kier molecular flexibility index (Phi) is 7.49. The molecule has 0 amide bonds. The summed E-state index contributed by atoms with van der Waals surface area (Å²) in [7, 11) is 3.74. The van der Waals surface area contributed by atoms with Crippen molar-refractivity contribution < 1.29 is 4.74 Å². The summed E-state index contributed by atoms with van der Waals surface area (Å²) < 4.78 is 7.45. The molecule has 0 atom stereocenters. The van der Waals surface area contributed by atoms with Gasteiger partial charge in [-0.3, -0.25) is 5.10 Å². The first kappa shape index (κ1) is 23.7. The molecular weight excluding hydrogens is 453 g/mol. The molecule has 32 heavy (non-hydrogen) atoms. The fourth-order valence-electron chi connectivity index (χ4n) is 3.78. The van der Waals surface area contributed by atoms with Gasteiger partial charge in [-0.1, -0.05) is 0 Å². The summed E-state index contributed by atoms with van der Waals surface area (Å²) in [6.07, 6.45) is 9.44. The third-order valence-corrected chi connectivity index (χ3v) is 5.48. The van der Waals surface area contributed by atoms with Crippen LogP contribution in [0.15, 0.2) is 36.9 Å². The number of nitrogens with zero attached hydrogens (tertiary/aromatic N) is 7. The SMILES string of the molecule is COC1CCN(c2nccc(Nc3cc4nc(-c5cn[nH]c5)n(C)c4cn3)n2)CC1.Cl.Cl. The number of pyridine rings is 1. The van der Waals surface area contributed by atoms with Crippen LogP contribution in [0, 0.1) is 0 Å². The van der Waals surface area contributed by atoms with Gasteiger partial charge in [0.2, 0.25) is 5.95 Å². The van der Waals surface area contributed by atoms with Crippen molar-refractivity contribution in [2.24, 2.45) is 7.05 Å². The summed E-state index contributed by atoms with van der Waals surface area (Å²) in [5, 5.41) is 10.1. The van der Waals surface area contributed by atoms with E-state index < -0.39 is 0 Å². The summed E-state index contributed by atoms with van der Waals surface area (Å²) in [6.45, 7) is 1.77. The maximum Gasteiger partial charge on any atom is 0.227 e. The van der Waals surface area contributed by atoms with Crippen molar-refractivity contribution in [2.75, 3.05) is 30.4 Å². The number of nitrogens with one attached hydrogen (secondary N) is 2. The highest BCUT2D eigenvalue weighted by atomic mass is 35.5. The summed E-state index contributed by atoms with van der Waals surface area (Å²) in [4.78, 5) is 20.6. The van der Waals surface area contributed by atoms with Gasteiger partial charge < -0.3 is 19.5 Å². The Hall–Kier alpha value is -2.95. The maximum atomic E-state index is 5.45. The molecule has 0 spiro atoms.